The fourth-order valence-electron chi connectivity index (χ4n) is 2.57. The lowest BCUT2D eigenvalue weighted by atomic mass is 9.99. The number of hydrogen-bond donors (Lipinski definition) is 0. The predicted molar refractivity (Wildman–Crippen MR) is 79.8 cm³/mol. The molecule has 2 aromatic rings. The van der Waals surface area contributed by atoms with Gasteiger partial charge in [-0.3, -0.25) is 0 Å². The molecule has 2 heterocycles. The molecule has 0 saturated heterocycles. The second-order valence-electron chi connectivity index (χ2n) is 5.21. The van der Waals surface area contributed by atoms with E-state index < -0.39 is 0 Å². The molecule has 0 radical (unpaired) electrons. The molecule has 0 atom stereocenters. The number of aromatic nitrogens is 1. The average molecular weight is 253 g/mol. The van der Waals surface area contributed by atoms with Crippen molar-refractivity contribution in [3.8, 4) is 0 Å². The summed E-state index contributed by atoms with van der Waals surface area (Å²) in [4.78, 5) is 8.85. The molecule has 0 unspecified atom stereocenters. The maximum Gasteiger partial charge on any atom is 0.130 e. The quantitative estimate of drug-likeness (QED) is 0.820. The van der Waals surface area contributed by atoms with E-state index in [1.807, 2.05) is 25.2 Å². The number of hydrogen-bond acceptors (Lipinski definition) is 3. The standard InChI is InChI=1S/C16H19N3/c1-18(2)16-11-15(7-9-17-16)19-10-8-13-5-3-4-6-14(13)12-19/h3-7,9,11H,8,10,12H2,1-2H3. The lowest BCUT2D eigenvalue weighted by Crippen LogP contribution is -2.30. The Labute approximate surface area is 114 Å². The highest BCUT2D eigenvalue weighted by Gasteiger charge is 2.16. The number of pyridine rings is 1. The van der Waals surface area contributed by atoms with E-state index in [0.29, 0.717) is 0 Å². The van der Waals surface area contributed by atoms with Gasteiger partial charge in [-0.25, -0.2) is 4.98 Å². The van der Waals surface area contributed by atoms with Crippen molar-refractivity contribution in [2.75, 3.05) is 30.4 Å². The third kappa shape index (κ3) is 2.41. The topological polar surface area (TPSA) is 19.4 Å². The Morgan fingerprint density at radius 3 is 2.68 bits per heavy atom. The summed E-state index contributed by atoms with van der Waals surface area (Å²) in [5.74, 6) is 1.01. The Kier molecular flexibility index (Phi) is 3.11. The molecule has 1 aromatic heterocycles. The van der Waals surface area contributed by atoms with Crippen LogP contribution < -0.4 is 9.80 Å². The zero-order chi connectivity index (χ0) is 13.2. The van der Waals surface area contributed by atoms with Crippen LogP contribution in [0.2, 0.25) is 0 Å². The van der Waals surface area contributed by atoms with Crippen molar-refractivity contribution in [3.05, 3.63) is 53.7 Å². The molecule has 3 nitrogen and oxygen atoms in total. The molecular formula is C16H19N3. The van der Waals surface area contributed by atoms with Gasteiger partial charge >= 0.3 is 0 Å². The SMILES string of the molecule is CN(C)c1cc(N2CCc3ccccc3C2)ccn1. The molecule has 3 heteroatoms. The minimum Gasteiger partial charge on any atom is -0.367 e. The third-order valence-electron chi connectivity index (χ3n) is 3.68. The minimum atomic E-state index is 0.993. The van der Waals surface area contributed by atoms with Crippen LogP contribution in [0.3, 0.4) is 0 Å². The van der Waals surface area contributed by atoms with Crippen molar-refractivity contribution in [1.82, 2.24) is 4.98 Å². The molecule has 1 aliphatic rings. The van der Waals surface area contributed by atoms with Crippen LogP contribution in [0.4, 0.5) is 11.5 Å². The van der Waals surface area contributed by atoms with Crippen LogP contribution in [0.15, 0.2) is 42.6 Å². The van der Waals surface area contributed by atoms with E-state index in [-0.39, 0.29) is 0 Å². The summed E-state index contributed by atoms with van der Waals surface area (Å²) >= 11 is 0. The summed E-state index contributed by atoms with van der Waals surface area (Å²) in [6.45, 7) is 2.07. The molecule has 1 aromatic carbocycles. The first kappa shape index (κ1) is 12.0. The maximum atomic E-state index is 4.38. The fourth-order valence-corrected chi connectivity index (χ4v) is 2.57. The molecule has 3 rings (SSSR count). The number of benzene rings is 1. The van der Waals surface area contributed by atoms with Crippen LogP contribution in [0.25, 0.3) is 0 Å². The highest BCUT2D eigenvalue weighted by Crippen LogP contribution is 2.25. The molecule has 19 heavy (non-hydrogen) atoms. The summed E-state index contributed by atoms with van der Waals surface area (Å²) in [6, 6.07) is 13.0. The second-order valence-corrected chi connectivity index (χ2v) is 5.21. The van der Waals surface area contributed by atoms with Gasteiger partial charge in [0.2, 0.25) is 0 Å². The summed E-state index contributed by atoms with van der Waals surface area (Å²) < 4.78 is 0. The monoisotopic (exact) mass is 253 g/mol. The van der Waals surface area contributed by atoms with Gasteiger partial charge in [0, 0.05) is 45.1 Å². The zero-order valence-corrected chi connectivity index (χ0v) is 11.5. The van der Waals surface area contributed by atoms with E-state index in [0.717, 1.165) is 25.3 Å². The van der Waals surface area contributed by atoms with E-state index in [4.69, 9.17) is 0 Å². The first-order valence-corrected chi connectivity index (χ1v) is 6.69. The highest BCUT2D eigenvalue weighted by molar-refractivity contribution is 5.56. The van der Waals surface area contributed by atoms with Crippen molar-refractivity contribution >= 4 is 11.5 Å². The predicted octanol–water partition coefficient (Wildman–Crippen LogP) is 2.71. The van der Waals surface area contributed by atoms with Gasteiger partial charge in [0.15, 0.2) is 0 Å². The number of rotatable bonds is 2. The van der Waals surface area contributed by atoms with Crippen LogP contribution in [0.5, 0.6) is 0 Å². The zero-order valence-electron chi connectivity index (χ0n) is 11.5. The van der Waals surface area contributed by atoms with E-state index in [1.54, 1.807) is 0 Å². The molecule has 1 aliphatic heterocycles. The lowest BCUT2D eigenvalue weighted by molar-refractivity contribution is 0.731. The van der Waals surface area contributed by atoms with Gasteiger partial charge in [0.1, 0.15) is 5.82 Å². The largest absolute Gasteiger partial charge is 0.367 e. The molecule has 0 bridgehead atoms. The van der Waals surface area contributed by atoms with Crippen molar-refractivity contribution < 1.29 is 0 Å². The van der Waals surface area contributed by atoms with E-state index >= 15 is 0 Å². The molecular weight excluding hydrogens is 234 g/mol. The van der Waals surface area contributed by atoms with Crippen LogP contribution in [-0.2, 0) is 13.0 Å². The van der Waals surface area contributed by atoms with E-state index in [9.17, 15) is 0 Å². The average Bonchev–Trinajstić information content (AvgIpc) is 2.47. The van der Waals surface area contributed by atoms with Crippen LogP contribution >= 0.6 is 0 Å². The van der Waals surface area contributed by atoms with Gasteiger partial charge in [-0.1, -0.05) is 24.3 Å². The summed E-state index contributed by atoms with van der Waals surface area (Å²) in [5, 5.41) is 0. The number of anilines is 2. The molecule has 0 aliphatic carbocycles. The molecule has 98 valence electrons. The molecule has 0 saturated carbocycles. The first-order valence-electron chi connectivity index (χ1n) is 6.69. The van der Waals surface area contributed by atoms with E-state index in [2.05, 4.69) is 46.3 Å². The Hall–Kier alpha value is -2.03. The van der Waals surface area contributed by atoms with Gasteiger partial charge < -0.3 is 9.80 Å². The van der Waals surface area contributed by atoms with Gasteiger partial charge in [-0.05, 0) is 23.6 Å². The molecule has 0 fully saturated rings. The van der Waals surface area contributed by atoms with Crippen molar-refractivity contribution in [2.45, 2.75) is 13.0 Å². The molecule has 0 N–H and O–H groups in total. The van der Waals surface area contributed by atoms with E-state index in [1.165, 1.54) is 16.8 Å². The highest BCUT2D eigenvalue weighted by atomic mass is 15.2. The maximum absolute atomic E-state index is 4.38. The number of fused-ring (bicyclic) bond motifs is 1. The third-order valence-corrected chi connectivity index (χ3v) is 3.68. The van der Waals surface area contributed by atoms with Crippen molar-refractivity contribution in [3.63, 3.8) is 0 Å². The Morgan fingerprint density at radius 2 is 1.89 bits per heavy atom. The Bertz CT molecular complexity index is 578. The smallest absolute Gasteiger partial charge is 0.130 e. The molecule has 0 spiro atoms. The van der Waals surface area contributed by atoms with Crippen LogP contribution in [0.1, 0.15) is 11.1 Å². The minimum absolute atomic E-state index is 0.993. The Balaban J connectivity index is 1.87. The van der Waals surface area contributed by atoms with Gasteiger partial charge in [0.25, 0.3) is 0 Å². The summed E-state index contributed by atoms with van der Waals surface area (Å²) in [6.07, 6.45) is 3.01. The van der Waals surface area contributed by atoms with Gasteiger partial charge in [0.05, 0.1) is 0 Å². The van der Waals surface area contributed by atoms with Crippen LogP contribution in [0, 0.1) is 0 Å². The van der Waals surface area contributed by atoms with Crippen LogP contribution in [-0.4, -0.2) is 25.6 Å². The van der Waals surface area contributed by atoms with Gasteiger partial charge in [-0.15, -0.1) is 0 Å². The van der Waals surface area contributed by atoms with Crippen molar-refractivity contribution in [1.29, 1.82) is 0 Å². The second kappa shape index (κ2) is 4.92. The van der Waals surface area contributed by atoms with Crippen molar-refractivity contribution in [2.24, 2.45) is 0 Å². The number of nitrogens with zero attached hydrogens (tertiary/aromatic N) is 3. The lowest BCUT2D eigenvalue weighted by Gasteiger charge is -2.31. The normalized spacial score (nSPS) is 14.1. The fraction of sp³-hybridized carbons (Fsp3) is 0.312. The van der Waals surface area contributed by atoms with Gasteiger partial charge in [-0.2, -0.15) is 0 Å². The summed E-state index contributed by atoms with van der Waals surface area (Å²) in [5.41, 5.74) is 4.19. The summed E-state index contributed by atoms with van der Waals surface area (Å²) in [7, 11) is 4.05. The molecule has 0 amide bonds. The first-order chi connectivity index (χ1) is 9.24. The Morgan fingerprint density at radius 1 is 1.11 bits per heavy atom.